The number of aromatic hydroxyl groups is 1. The van der Waals surface area contributed by atoms with E-state index in [4.69, 9.17) is 0 Å². The molecule has 0 atom stereocenters. The lowest BCUT2D eigenvalue weighted by Gasteiger charge is -2.27. The number of anilines is 3. The van der Waals surface area contributed by atoms with Crippen molar-refractivity contribution in [2.45, 2.75) is 26.2 Å². The van der Waals surface area contributed by atoms with E-state index >= 15 is 0 Å². The molecule has 6 aromatic carbocycles. The van der Waals surface area contributed by atoms with Gasteiger partial charge in [0.05, 0.1) is 5.69 Å². The number of rotatable bonds is 4. The summed E-state index contributed by atoms with van der Waals surface area (Å²) < 4.78 is 2.51. The van der Waals surface area contributed by atoms with E-state index in [-0.39, 0.29) is 11.2 Å². The zero-order chi connectivity index (χ0) is 28.1. The normalized spacial score (nSPS) is 11.9. The van der Waals surface area contributed by atoms with E-state index in [0.717, 1.165) is 28.2 Å². The maximum absolute atomic E-state index is 11.8. The molecule has 0 bridgehead atoms. The van der Waals surface area contributed by atoms with Crippen LogP contribution in [0.5, 0.6) is 5.75 Å². The van der Waals surface area contributed by atoms with Gasteiger partial charge in [0.25, 0.3) is 0 Å². The van der Waals surface area contributed by atoms with E-state index in [2.05, 4.69) is 117 Å². The highest BCUT2D eigenvalue weighted by molar-refractivity contribution is 7.26. The van der Waals surface area contributed by atoms with Gasteiger partial charge in [0, 0.05) is 37.1 Å². The number of thiophene rings is 1. The van der Waals surface area contributed by atoms with Crippen LogP contribution in [-0.2, 0) is 5.41 Å². The first-order valence-corrected chi connectivity index (χ1v) is 14.8. The zero-order valence-corrected chi connectivity index (χ0v) is 24.2. The van der Waals surface area contributed by atoms with Gasteiger partial charge in [-0.15, -0.1) is 11.3 Å². The standard InChI is InChI=1S/C38H31NOS/c1-38(2,3)27-13-9-12-26(23-27)31-17-10-18-33(37(31)40)39(28-14-5-4-6-15-28)29-20-21-32-35(24-29)41-34-22-19-25-11-7-8-16-30(25)36(32)34/h4-24,40H,1-3H3. The Balaban J connectivity index is 1.41. The van der Waals surface area contributed by atoms with Gasteiger partial charge < -0.3 is 10.0 Å². The molecule has 0 spiro atoms. The summed E-state index contributed by atoms with van der Waals surface area (Å²) in [6.07, 6.45) is 0. The molecule has 3 heteroatoms. The summed E-state index contributed by atoms with van der Waals surface area (Å²) in [4.78, 5) is 2.16. The highest BCUT2D eigenvalue weighted by atomic mass is 32.1. The van der Waals surface area contributed by atoms with Crippen LogP contribution in [0.15, 0.2) is 127 Å². The summed E-state index contributed by atoms with van der Waals surface area (Å²) in [5.74, 6) is 0.268. The van der Waals surface area contributed by atoms with Crippen LogP contribution < -0.4 is 4.90 Å². The van der Waals surface area contributed by atoms with E-state index in [1.807, 2.05) is 47.7 Å². The summed E-state index contributed by atoms with van der Waals surface area (Å²) in [5.41, 5.74) is 5.85. The van der Waals surface area contributed by atoms with Crippen molar-refractivity contribution in [1.29, 1.82) is 0 Å². The number of para-hydroxylation sites is 2. The maximum Gasteiger partial charge on any atom is 0.147 e. The molecule has 0 aliphatic heterocycles. The lowest BCUT2D eigenvalue weighted by molar-refractivity contribution is 0.478. The summed E-state index contributed by atoms with van der Waals surface area (Å²) in [6.45, 7) is 6.64. The number of phenolic OH excluding ortho intramolecular Hbond substituents is 1. The van der Waals surface area contributed by atoms with Crippen LogP contribution in [0, 0.1) is 0 Å². The molecule has 0 amide bonds. The van der Waals surface area contributed by atoms with Crippen molar-refractivity contribution in [3.63, 3.8) is 0 Å². The second-order valence-electron chi connectivity index (χ2n) is 11.6. The van der Waals surface area contributed by atoms with Crippen LogP contribution >= 0.6 is 11.3 Å². The minimum absolute atomic E-state index is 0.0182. The van der Waals surface area contributed by atoms with Crippen LogP contribution in [0.1, 0.15) is 26.3 Å². The van der Waals surface area contributed by atoms with Gasteiger partial charge in [-0.1, -0.05) is 112 Å². The Morgan fingerprint density at radius 1 is 0.610 bits per heavy atom. The van der Waals surface area contributed by atoms with Crippen molar-refractivity contribution in [1.82, 2.24) is 0 Å². The summed E-state index contributed by atoms with van der Waals surface area (Å²) in [7, 11) is 0. The predicted octanol–water partition coefficient (Wildman–Crippen LogP) is 11.3. The van der Waals surface area contributed by atoms with Crippen molar-refractivity contribution in [2.75, 3.05) is 4.90 Å². The molecule has 1 N–H and O–H groups in total. The minimum Gasteiger partial charge on any atom is -0.505 e. The molecule has 0 saturated heterocycles. The third-order valence-corrected chi connectivity index (χ3v) is 9.03. The van der Waals surface area contributed by atoms with Gasteiger partial charge in [0.1, 0.15) is 5.75 Å². The lowest BCUT2D eigenvalue weighted by Crippen LogP contribution is -2.11. The van der Waals surface area contributed by atoms with E-state index in [1.54, 1.807) is 0 Å². The van der Waals surface area contributed by atoms with Crippen LogP contribution in [0.3, 0.4) is 0 Å². The monoisotopic (exact) mass is 549 g/mol. The molecular weight excluding hydrogens is 518 g/mol. The summed E-state index contributed by atoms with van der Waals surface area (Å²) in [6, 6.07) is 44.6. The molecule has 0 radical (unpaired) electrons. The van der Waals surface area contributed by atoms with Crippen molar-refractivity contribution < 1.29 is 5.11 Å². The molecule has 0 aliphatic rings. The fourth-order valence-electron chi connectivity index (χ4n) is 5.78. The van der Waals surface area contributed by atoms with Gasteiger partial charge in [-0.2, -0.15) is 0 Å². The highest BCUT2D eigenvalue weighted by Crippen LogP contribution is 2.47. The predicted molar refractivity (Wildman–Crippen MR) is 177 cm³/mol. The smallest absolute Gasteiger partial charge is 0.147 e. The van der Waals surface area contributed by atoms with E-state index in [0.29, 0.717) is 0 Å². The SMILES string of the molecule is CC(C)(C)c1cccc(-c2cccc(N(c3ccccc3)c3ccc4c(c3)sc3ccc5ccccc5c34)c2O)c1. The van der Waals surface area contributed by atoms with Gasteiger partial charge in [0.2, 0.25) is 0 Å². The molecule has 0 saturated carbocycles. The van der Waals surface area contributed by atoms with Crippen LogP contribution in [0.25, 0.3) is 42.1 Å². The first-order valence-electron chi connectivity index (χ1n) is 14.0. The number of hydrogen-bond acceptors (Lipinski definition) is 3. The van der Waals surface area contributed by atoms with Crippen LogP contribution in [0.4, 0.5) is 17.1 Å². The molecule has 1 heterocycles. The van der Waals surface area contributed by atoms with Crippen molar-refractivity contribution in [3.05, 3.63) is 133 Å². The number of nitrogens with zero attached hydrogens (tertiary/aromatic N) is 1. The summed E-state index contributed by atoms with van der Waals surface area (Å²) in [5, 5.41) is 16.9. The van der Waals surface area contributed by atoms with Gasteiger partial charge in [-0.3, -0.25) is 0 Å². The molecular formula is C38H31NOS. The third kappa shape index (κ3) is 4.43. The van der Waals surface area contributed by atoms with E-state index < -0.39 is 0 Å². The topological polar surface area (TPSA) is 23.5 Å². The first kappa shape index (κ1) is 25.4. The Kier molecular flexibility index (Phi) is 6.06. The molecule has 7 rings (SSSR count). The average molecular weight is 550 g/mol. The van der Waals surface area contributed by atoms with Crippen molar-refractivity contribution in [3.8, 4) is 16.9 Å². The van der Waals surface area contributed by atoms with E-state index in [9.17, 15) is 5.11 Å². The van der Waals surface area contributed by atoms with Crippen molar-refractivity contribution in [2.24, 2.45) is 0 Å². The molecule has 1 aromatic heterocycles. The van der Waals surface area contributed by atoms with Gasteiger partial charge in [-0.25, -0.2) is 0 Å². The van der Waals surface area contributed by atoms with E-state index in [1.165, 1.54) is 36.5 Å². The molecule has 0 unspecified atom stereocenters. The quantitative estimate of drug-likeness (QED) is 0.236. The Hall–Kier alpha value is -4.60. The Labute approximate surface area is 244 Å². The fourth-order valence-corrected chi connectivity index (χ4v) is 6.93. The lowest BCUT2D eigenvalue weighted by atomic mass is 9.85. The Morgan fingerprint density at radius 3 is 2.22 bits per heavy atom. The summed E-state index contributed by atoms with van der Waals surface area (Å²) >= 11 is 1.82. The Bertz CT molecular complexity index is 2050. The number of hydrogen-bond donors (Lipinski definition) is 1. The maximum atomic E-state index is 11.8. The zero-order valence-electron chi connectivity index (χ0n) is 23.4. The van der Waals surface area contributed by atoms with Crippen LogP contribution in [0.2, 0.25) is 0 Å². The average Bonchev–Trinajstić information content (AvgIpc) is 3.37. The molecule has 200 valence electrons. The fraction of sp³-hybridized carbons (Fsp3) is 0.105. The van der Waals surface area contributed by atoms with Gasteiger partial charge in [-0.05, 0) is 63.7 Å². The largest absolute Gasteiger partial charge is 0.505 e. The molecule has 7 aromatic rings. The minimum atomic E-state index is 0.0182. The highest BCUT2D eigenvalue weighted by Gasteiger charge is 2.21. The Morgan fingerprint density at radius 2 is 1.39 bits per heavy atom. The second kappa shape index (κ2) is 9.79. The number of benzene rings is 6. The third-order valence-electron chi connectivity index (χ3n) is 7.91. The molecule has 0 aliphatic carbocycles. The van der Waals surface area contributed by atoms with Gasteiger partial charge >= 0.3 is 0 Å². The van der Waals surface area contributed by atoms with Gasteiger partial charge in [0.15, 0.2) is 0 Å². The number of fused-ring (bicyclic) bond motifs is 5. The van der Waals surface area contributed by atoms with Crippen molar-refractivity contribution >= 4 is 59.3 Å². The second-order valence-corrected chi connectivity index (χ2v) is 12.7. The molecule has 0 fully saturated rings. The number of phenols is 1. The molecule has 2 nitrogen and oxygen atoms in total. The van der Waals surface area contributed by atoms with Crippen LogP contribution in [-0.4, -0.2) is 5.11 Å². The molecule has 41 heavy (non-hydrogen) atoms. The first-order chi connectivity index (χ1) is 19.9.